The zero-order chi connectivity index (χ0) is 11.0. The van der Waals surface area contributed by atoms with Crippen molar-refractivity contribution >= 4 is 28.1 Å². The number of nitro benzene ring substituents is 1. The third-order valence-corrected chi connectivity index (χ3v) is 2.83. The molecular weight excluding hydrogens is 214 g/mol. The first kappa shape index (κ1) is 9.93. The maximum absolute atomic E-state index is 10.6. The summed E-state index contributed by atoms with van der Waals surface area (Å²) in [6.45, 7) is 1.86. The van der Waals surface area contributed by atoms with Crippen molar-refractivity contribution in [2.45, 2.75) is 6.92 Å². The molecule has 3 nitrogen and oxygen atoms in total. The van der Waals surface area contributed by atoms with E-state index in [0.29, 0.717) is 5.02 Å². The second-order valence-electron chi connectivity index (χ2n) is 3.33. The van der Waals surface area contributed by atoms with Gasteiger partial charge in [0.1, 0.15) is 0 Å². The molecule has 0 aliphatic carbocycles. The summed E-state index contributed by atoms with van der Waals surface area (Å²) in [5.74, 6) is 0. The fraction of sp³-hybridized carbons (Fsp3) is 0.0909. The molecule has 2 aromatic carbocycles. The second-order valence-corrected chi connectivity index (χ2v) is 3.74. The Balaban J connectivity index is 2.79. The Morgan fingerprint density at radius 1 is 1.27 bits per heavy atom. The summed E-state index contributed by atoms with van der Waals surface area (Å²) in [4.78, 5) is 10.2. The van der Waals surface area contributed by atoms with Crippen LogP contribution < -0.4 is 0 Å². The molecule has 0 bridgehead atoms. The Labute approximate surface area is 91.4 Å². The topological polar surface area (TPSA) is 43.1 Å². The van der Waals surface area contributed by atoms with Gasteiger partial charge in [0.15, 0.2) is 0 Å². The van der Waals surface area contributed by atoms with Gasteiger partial charge in [0, 0.05) is 17.2 Å². The Hall–Kier alpha value is -1.61. The van der Waals surface area contributed by atoms with Gasteiger partial charge in [0.2, 0.25) is 0 Å². The lowest BCUT2D eigenvalue weighted by Gasteiger charge is -2.03. The van der Waals surface area contributed by atoms with Gasteiger partial charge in [-0.05, 0) is 35.4 Å². The number of fused-ring (bicyclic) bond motifs is 1. The van der Waals surface area contributed by atoms with Crippen molar-refractivity contribution in [1.29, 1.82) is 0 Å². The van der Waals surface area contributed by atoms with Crippen LogP contribution in [0, 0.1) is 17.0 Å². The molecule has 0 saturated carbocycles. The van der Waals surface area contributed by atoms with E-state index in [2.05, 4.69) is 0 Å². The number of halogens is 1. The fourth-order valence-corrected chi connectivity index (χ4v) is 1.71. The van der Waals surface area contributed by atoms with Gasteiger partial charge in [0.25, 0.3) is 5.69 Å². The standard InChI is InChI=1S/C11H8ClNO2/c1-7-10-6-9(13(14)15)4-2-8(10)3-5-11(7)12/h2-6H,1H3. The Morgan fingerprint density at radius 2 is 1.93 bits per heavy atom. The van der Waals surface area contributed by atoms with E-state index < -0.39 is 4.92 Å². The van der Waals surface area contributed by atoms with Crippen molar-refractivity contribution in [2.24, 2.45) is 0 Å². The van der Waals surface area contributed by atoms with Crippen molar-refractivity contribution in [2.75, 3.05) is 0 Å². The number of benzene rings is 2. The molecule has 0 aromatic heterocycles. The molecule has 0 heterocycles. The molecule has 0 N–H and O–H groups in total. The molecule has 0 spiro atoms. The molecule has 2 rings (SSSR count). The smallest absolute Gasteiger partial charge is 0.258 e. The molecule has 2 aromatic rings. The highest BCUT2D eigenvalue weighted by atomic mass is 35.5. The number of aryl methyl sites for hydroxylation is 1. The van der Waals surface area contributed by atoms with Gasteiger partial charge in [-0.15, -0.1) is 0 Å². The number of nitrogens with zero attached hydrogens (tertiary/aromatic N) is 1. The number of hydrogen-bond acceptors (Lipinski definition) is 2. The molecule has 0 fully saturated rings. The molecule has 0 saturated heterocycles. The maximum Gasteiger partial charge on any atom is 0.270 e. The van der Waals surface area contributed by atoms with Crippen LogP contribution in [-0.2, 0) is 0 Å². The van der Waals surface area contributed by atoms with E-state index in [1.165, 1.54) is 6.07 Å². The molecule has 0 amide bonds. The first-order valence-electron chi connectivity index (χ1n) is 4.43. The highest BCUT2D eigenvalue weighted by Gasteiger charge is 2.08. The number of nitro groups is 1. The zero-order valence-corrected chi connectivity index (χ0v) is 8.78. The zero-order valence-electron chi connectivity index (χ0n) is 8.03. The van der Waals surface area contributed by atoms with Gasteiger partial charge < -0.3 is 0 Å². The van der Waals surface area contributed by atoms with Gasteiger partial charge in [0.05, 0.1) is 4.92 Å². The molecule has 0 atom stereocenters. The van der Waals surface area contributed by atoms with Crippen LogP contribution in [0.1, 0.15) is 5.56 Å². The predicted octanol–water partition coefficient (Wildman–Crippen LogP) is 3.71. The molecule has 0 radical (unpaired) electrons. The van der Waals surface area contributed by atoms with Gasteiger partial charge in [-0.2, -0.15) is 0 Å². The first-order chi connectivity index (χ1) is 7.09. The highest BCUT2D eigenvalue weighted by molar-refractivity contribution is 6.32. The molecule has 0 aliphatic rings. The summed E-state index contributed by atoms with van der Waals surface area (Å²) < 4.78 is 0. The summed E-state index contributed by atoms with van der Waals surface area (Å²) in [7, 11) is 0. The third kappa shape index (κ3) is 1.66. The van der Waals surface area contributed by atoms with E-state index in [1.54, 1.807) is 18.2 Å². The minimum absolute atomic E-state index is 0.0906. The van der Waals surface area contributed by atoms with Crippen LogP contribution in [0.5, 0.6) is 0 Å². The van der Waals surface area contributed by atoms with E-state index in [4.69, 9.17) is 11.6 Å². The molecule has 4 heteroatoms. The molecule has 0 unspecified atom stereocenters. The number of hydrogen-bond donors (Lipinski definition) is 0. The van der Waals surface area contributed by atoms with Crippen molar-refractivity contribution < 1.29 is 4.92 Å². The largest absolute Gasteiger partial charge is 0.270 e. The summed E-state index contributed by atoms with van der Waals surface area (Å²) >= 11 is 5.95. The van der Waals surface area contributed by atoms with E-state index in [0.717, 1.165) is 16.3 Å². The Bertz CT molecular complexity index is 552. The molecule has 0 aliphatic heterocycles. The van der Waals surface area contributed by atoms with Crippen LogP contribution in [-0.4, -0.2) is 4.92 Å². The summed E-state index contributed by atoms with van der Waals surface area (Å²) in [5.41, 5.74) is 0.964. The Morgan fingerprint density at radius 3 is 2.60 bits per heavy atom. The fourth-order valence-electron chi connectivity index (χ4n) is 1.54. The summed E-state index contributed by atoms with van der Waals surface area (Å²) in [6.07, 6.45) is 0. The molecule has 15 heavy (non-hydrogen) atoms. The van der Waals surface area contributed by atoms with E-state index in [1.807, 2.05) is 13.0 Å². The average Bonchev–Trinajstić information content (AvgIpc) is 2.23. The lowest BCUT2D eigenvalue weighted by molar-refractivity contribution is -0.384. The lowest BCUT2D eigenvalue weighted by atomic mass is 10.1. The van der Waals surface area contributed by atoms with Crippen LogP contribution in [0.4, 0.5) is 5.69 Å². The molecule has 76 valence electrons. The minimum atomic E-state index is -0.403. The van der Waals surface area contributed by atoms with Crippen LogP contribution in [0.15, 0.2) is 30.3 Å². The Kier molecular flexibility index (Phi) is 2.32. The van der Waals surface area contributed by atoms with E-state index in [-0.39, 0.29) is 5.69 Å². The molecular formula is C11H8ClNO2. The van der Waals surface area contributed by atoms with Gasteiger partial charge in [-0.1, -0.05) is 17.7 Å². The second kappa shape index (κ2) is 3.51. The van der Waals surface area contributed by atoms with Gasteiger partial charge in [-0.25, -0.2) is 0 Å². The normalized spacial score (nSPS) is 10.5. The van der Waals surface area contributed by atoms with Crippen LogP contribution >= 0.6 is 11.6 Å². The SMILES string of the molecule is Cc1c(Cl)ccc2ccc([N+](=O)[O-])cc12. The van der Waals surface area contributed by atoms with E-state index in [9.17, 15) is 10.1 Å². The van der Waals surface area contributed by atoms with Gasteiger partial charge >= 0.3 is 0 Å². The summed E-state index contributed by atoms with van der Waals surface area (Å²) in [6, 6.07) is 8.43. The van der Waals surface area contributed by atoms with Crippen LogP contribution in [0.2, 0.25) is 5.02 Å². The van der Waals surface area contributed by atoms with Crippen molar-refractivity contribution in [3.05, 3.63) is 51.0 Å². The van der Waals surface area contributed by atoms with Crippen LogP contribution in [0.3, 0.4) is 0 Å². The third-order valence-electron chi connectivity index (χ3n) is 2.42. The first-order valence-corrected chi connectivity index (χ1v) is 4.80. The number of rotatable bonds is 1. The predicted molar refractivity (Wildman–Crippen MR) is 60.3 cm³/mol. The quantitative estimate of drug-likeness (QED) is 0.544. The maximum atomic E-state index is 10.6. The lowest BCUT2D eigenvalue weighted by Crippen LogP contribution is -1.88. The minimum Gasteiger partial charge on any atom is -0.258 e. The van der Waals surface area contributed by atoms with E-state index >= 15 is 0 Å². The highest BCUT2D eigenvalue weighted by Crippen LogP contribution is 2.28. The average molecular weight is 222 g/mol. The van der Waals surface area contributed by atoms with Gasteiger partial charge in [-0.3, -0.25) is 10.1 Å². The van der Waals surface area contributed by atoms with Crippen molar-refractivity contribution in [3.8, 4) is 0 Å². The monoisotopic (exact) mass is 221 g/mol. The van der Waals surface area contributed by atoms with Crippen LogP contribution in [0.25, 0.3) is 10.8 Å². The van der Waals surface area contributed by atoms with Crippen molar-refractivity contribution in [1.82, 2.24) is 0 Å². The summed E-state index contributed by atoms with van der Waals surface area (Å²) in [5, 5.41) is 13.0. The number of non-ortho nitro benzene ring substituents is 1. The van der Waals surface area contributed by atoms with Crippen molar-refractivity contribution in [3.63, 3.8) is 0 Å².